The average molecular weight is 315 g/mol. The molecule has 0 saturated heterocycles. The Morgan fingerprint density at radius 1 is 1.00 bits per heavy atom. The largest absolute Gasteiger partial charge is 0.466 e. The summed E-state index contributed by atoms with van der Waals surface area (Å²) in [5.41, 5.74) is 1.28. The number of amides is 1. The number of allylic oxidation sites excluding steroid dienone is 2. The zero-order valence-corrected chi connectivity index (χ0v) is 12.9. The molecule has 0 radical (unpaired) electrons. The zero-order chi connectivity index (χ0) is 17.2. The standard InChI is InChI=1S/C17H17NO5/c1-12(19)3-9-16(21)18-14-6-4-13(5-7-14)11-15(20)8-10-17(22)23-2/h3-10H,11H2,1-2H3,(H,18,21)/b9-3-,10-8-. The summed E-state index contributed by atoms with van der Waals surface area (Å²) in [5.74, 6) is -1.45. The lowest BCUT2D eigenvalue weighted by molar-refractivity contribution is -0.135. The van der Waals surface area contributed by atoms with Crippen LogP contribution in [0, 0.1) is 0 Å². The number of rotatable bonds is 7. The van der Waals surface area contributed by atoms with Crippen molar-refractivity contribution in [3.05, 3.63) is 54.1 Å². The van der Waals surface area contributed by atoms with E-state index in [0.717, 1.165) is 23.8 Å². The first-order chi connectivity index (χ1) is 10.9. The third-order valence-electron chi connectivity index (χ3n) is 2.68. The van der Waals surface area contributed by atoms with Gasteiger partial charge in [0.1, 0.15) is 0 Å². The molecule has 1 aromatic rings. The molecule has 23 heavy (non-hydrogen) atoms. The van der Waals surface area contributed by atoms with Crippen molar-refractivity contribution < 1.29 is 23.9 Å². The first-order valence-electron chi connectivity index (χ1n) is 6.78. The van der Waals surface area contributed by atoms with E-state index in [0.29, 0.717) is 5.69 Å². The Bertz CT molecular complexity index is 656. The van der Waals surface area contributed by atoms with Crippen molar-refractivity contribution in [1.82, 2.24) is 0 Å². The number of ether oxygens (including phenoxy) is 1. The van der Waals surface area contributed by atoms with Gasteiger partial charge in [-0.2, -0.15) is 0 Å². The number of benzene rings is 1. The monoisotopic (exact) mass is 315 g/mol. The summed E-state index contributed by atoms with van der Waals surface area (Å²) in [6.07, 6.45) is 4.69. The average Bonchev–Trinajstić information content (AvgIpc) is 2.52. The Labute approximate surface area is 133 Å². The number of hydrogen-bond acceptors (Lipinski definition) is 5. The van der Waals surface area contributed by atoms with Crippen molar-refractivity contribution in [3.63, 3.8) is 0 Å². The fourth-order valence-electron chi connectivity index (χ4n) is 1.57. The van der Waals surface area contributed by atoms with Gasteiger partial charge in [-0.15, -0.1) is 0 Å². The summed E-state index contributed by atoms with van der Waals surface area (Å²) in [6.45, 7) is 1.35. The highest BCUT2D eigenvalue weighted by molar-refractivity contribution is 6.03. The molecule has 0 atom stereocenters. The van der Waals surface area contributed by atoms with E-state index in [1.165, 1.54) is 20.1 Å². The van der Waals surface area contributed by atoms with Gasteiger partial charge in [-0.05, 0) is 36.8 Å². The third-order valence-corrected chi connectivity index (χ3v) is 2.68. The molecule has 120 valence electrons. The van der Waals surface area contributed by atoms with Gasteiger partial charge in [-0.25, -0.2) is 4.79 Å². The van der Waals surface area contributed by atoms with Gasteiger partial charge in [0.05, 0.1) is 7.11 Å². The van der Waals surface area contributed by atoms with Gasteiger partial charge in [-0.1, -0.05) is 12.1 Å². The predicted molar refractivity (Wildman–Crippen MR) is 84.8 cm³/mol. The lowest BCUT2D eigenvalue weighted by Gasteiger charge is -2.03. The number of carbonyl (C=O) groups excluding carboxylic acids is 4. The molecular weight excluding hydrogens is 298 g/mol. The molecule has 0 fully saturated rings. The second-order valence-corrected chi connectivity index (χ2v) is 4.63. The van der Waals surface area contributed by atoms with Gasteiger partial charge >= 0.3 is 5.97 Å². The Kier molecular flexibility index (Phi) is 7.13. The molecule has 0 aromatic heterocycles. The van der Waals surface area contributed by atoms with E-state index in [9.17, 15) is 19.2 Å². The van der Waals surface area contributed by atoms with Crippen LogP contribution in [-0.4, -0.2) is 30.6 Å². The highest BCUT2D eigenvalue weighted by Crippen LogP contribution is 2.10. The molecule has 6 nitrogen and oxygen atoms in total. The molecule has 1 amide bonds. The van der Waals surface area contributed by atoms with Crippen LogP contribution in [0.3, 0.4) is 0 Å². The van der Waals surface area contributed by atoms with Crippen molar-refractivity contribution in [2.75, 3.05) is 12.4 Å². The minimum Gasteiger partial charge on any atom is -0.466 e. The van der Waals surface area contributed by atoms with Crippen molar-refractivity contribution >= 4 is 29.1 Å². The van der Waals surface area contributed by atoms with E-state index in [-0.39, 0.29) is 18.0 Å². The third kappa shape index (κ3) is 7.52. The molecular formula is C17H17NO5. The van der Waals surface area contributed by atoms with E-state index >= 15 is 0 Å². The van der Waals surface area contributed by atoms with Crippen LogP contribution in [0.4, 0.5) is 5.69 Å². The van der Waals surface area contributed by atoms with Gasteiger partial charge in [0.25, 0.3) is 0 Å². The Balaban J connectivity index is 2.58. The number of carbonyl (C=O) groups is 4. The predicted octanol–water partition coefficient (Wildman–Crippen LogP) is 1.61. The molecule has 0 spiro atoms. The van der Waals surface area contributed by atoms with E-state index in [4.69, 9.17) is 0 Å². The van der Waals surface area contributed by atoms with Crippen LogP contribution >= 0.6 is 0 Å². The Morgan fingerprint density at radius 3 is 2.22 bits per heavy atom. The zero-order valence-electron chi connectivity index (χ0n) is 12.9. The lowest BCUT2D eigenvalue weighted by atomic mass is 10.1. The van der Waals surface area contributed by atoms with Gasteiger partial charge in [0, 0.05) is 24.3 Å². The fraction of sp³-hybridized carbons (Fsp3) is 0.176. The molecule has 0 heterocycles. The Morgan fingerprint density at radius 2 is 1.65 bits per heavy atom. The van der Waals surface area contributed by atoms with Crippen LogP contribution < -0.4 is 5.32 Å². The molecule has 1 aromatic carbocycles. The fourth-order valence-corrected chi connectivity index (χ4v) is 1.57. The van der Waals surface area contributed by atoms with Gasteiger partial charge < -0.3 is 10.1 Å². The maximum absolute atomic E-state index is 11.6. The molecule has 0 aliphatic rings. The quantitative estimate of drug-likeness (QED) is 0.610. The summed E-state index contributed by atoms with van der Waals surface area (Å²) in [7, 11) is 1.23. The second kappa shape index (κ2) is 9.09. The van der Waals surface area contributed by atoms with Crippen LogP contribution in [0.15, 0.2) is 48.6 Å². The van der Waals surface area contributed by atoms with Crippen LogP contribution in [0.2, 0.25) is 0 Å². The van der Waals surface area contributed by atoms with E-state index < -0.39 is 11.9 Å². The maximum atomic E-state index is 11.6. The van der Waals surface area contributed by atoms with Crippen LogP contribution in [-0.2, 0) is 30.3 Å². The summed E-state index contributed by atoms with van der Waals surface area (Å²) >= 11 is 0. The molecule has 0 unspecified atom stereocenters. The van der Waals surface area contributed by atoms with Crippen molar-refractivity contribution in [1.29, 1.82) is 0 Å². The van der Waals surface area contributed by atoms with Gasteiger partial charge in [-0.3, -0.25) is 14.4 Å². The molecule has 0 bridgehead atoms. The molecule has 0 aliphatic heterocycles. The minimum atomic E-state index is -0.588. The van der Waals surface area contributed by atoms with Crippen molar-refractivity contribution in [2.24, 2.45) is 0 Å². The highest BCUT2D eigenvalue weighted by Gasteiger charge is 2.03. The summed E-state index contributed by atoms with van der Waals surface area (Å²) in [4.78, 5) is 44.8. The van der Waals surface area contributed by atoms with Gasteiger partial charge in [0.2, 0.25) is 5.91 Å². The van der Waals surface area contributed by atoms with Crippen molar-refractivity contribution in [2.45, 2.75) is 13.3 Å². The first kappa shape index (κ1) is 18.0. The smallest absolute Gasteiger partial charge is 0.330 e. The van der Waals surface area contributed by atoms with Crippen LogP contribution in [0.1, 0.15) is 12.5 Å². The molecule has 1 N–H and O–H groups in total. The van der Waals surface area contributed by atoms with Crippen LogP contribution in [0.25, 0.3) is 0 Å². The molecule has 0 saturated carbocycles. The summed E-state index contributed by atoms with van der Waals surface area (Å²) in [6, 6.07) is 6.67. The van der Waals surface area contributed by atoms with E-state index in [1.807, 2.05) is 0 Å². The normalized spacial score (nSPS) is 10.7. The highest BCUT2D eigenvalue weighted by atomic mass is 16.5. The molecule has 6 heteroatoms. The molecule has 0 aliphatic carbocycles. The van der Waals surface area contributed by atoms with E-state index in [2.05, 4.69) is 10.1 Å². The lowest BCUT2D eigenvalue weighted by Crippen LogP contribution is -2.08. The SMILES string of the molecule is COC(=O)/C=C\C(=O)Cc1ccc(NC(=O)/C=C\C(C)=O)cc1. The van der Waals surface area contributed by atoms with Gasteiger partial charge in [0.15, 0.2) is 11.6 Å². The maximum Gasteiger partial charge on any atom is 0.330 e. The number of nitrogens with one attached hydrogen (secondary N) is 1. The Hall–Kier alpha value is -3.02. The number of hydrogen-bond donors (Lipinski definition) is 1. The summed E-state index contributed by atoms with van der Waals surface area (Å²) in [5, 5.41) is 2.59. The number of ketones is 2. The number of esters is 1. The molecule has 1 rings (SSSR count). The van der Waals surface area contributed by atoms with Crippen molar-refractivity contribution in [3.8, 4) is 0 Å². The first-order valence-corrected chi connectivity index (χ1v) is 6.78. The minimum absolute atomic E-state index is 0.131. The number of methoxy groups -OCH3 is 1. The van der Waals surface area contributed by atoms with E-state index in [1.54, 1.807) is 24.3 Å². The number of anilines is 1. The van der Waals surface area contributed by atoms with Crippen LogP contribution in [0.5, 0.6) is 0 Å². The second-order valence-electron chi connectivity index (χ2n) is 4.63. The topological polar surface area (TPSA) is 89.5 Å². The summed E-state index contributed by atoms with van der Waals surface area (Å²) < 4.78 is 4.39.